The topological polar surface area (TPSA) is 39.1 Å². The second kappa shape index (κ2) is 7.83. The third-order valence-corrected chi connectivity index (χ3v) is 2.66. The van der Waals surface area contributed by atoms with Crippen LogP contribution in [0.25, 0.3) is 0 Å². The molecule has 3 heteroatoms. The zero-order chi connectivity index (χ0) is 12.5. The summed E-state index contributed by atoms with van der Waals surface area (Å²) in [6, 6.07) is 12.6. The first-order chi connectivity index (χ1) is 8.22. The maximum absolute atomic E-state index is 8.62. The van der Waals surface area contributed by atoms with Gasteiger partial charge in [-0.05, 0) is 39.0 Å². The third-order valence-electron chi connectivity index (χ3n) is 2.66. The van der Waals surface area contributed by atoms with Gasteiger partial charge in [-0.15, -0.1) is 0 Å². The first-order valence-corrected chi connectivity index (χ1v) is 6.08. The molecule has 0 radical (unpaired) electrons. The molecule has 1 unspecified atom stereocenters. The van der Waals surface area contributed by atoms with Crippen molar-refractivity contribution in [3.63, 3.8) is 0 Å². The van der Waals surface area contributed by atoms with Crippen LogP contribution in [0.1, 0.15) is 18.9 Å². The first-order valence-electron chi connectivity index (χ1n) is 6.08. The van der Waals surface area contributed by atoms with Crippen LogP contribution in [-0.2, 0) is 6.54 Å². The van der Waals surface area contributed by atoms with Crippen LogP contribution in [0.4, 0.5) is 0 Å². The average molecular weight is 231 g/mol. The van der Waals surface area contributed by atoms with E-state index in [1.54, 1.807) is 0 Å². The highest BCUT2D eigenvalue weighted by Crippen LogP contribution is 2.02. The van der Waals surface area contributed by atoms with Crippen molar-refractivity contribution in [1.82, 2.24) is 10.2 Å². The van der Waals surface area contributed by atoms with E-state index < -0.39 is 0 Å². The Kier molecular flexibility index (Phi) is 6.31. The third kappa shape index (κ3) is 6.06. The van der Waals surface area contributed by atoms with E-state index in [1.165, 1.54) is 5.56 Å². The van der Waals surface area contributed by atoms with E-state index in [1.807, 2.05) is 13.0 Å². The zero-order valence-electron chi connectivity index (χ0n) is 10.7. The highest BCUT2D eigenvalue weighted by Gasteiger charge is 2.01. The summed E-state index contributed by atoms with van der Waals surface area (Å²) >= 11 is 0. The van der Waals surface area contributed by atoms with Crippen molar-refractivity contribution >= 4 is 0 Å². The molecule has 1 atom stereocenters. The molecule has 0 amide bonds. The fraction of sp³-hybridized carbons (Fsp3) is 0.500. The lowest BCUT2D eigenvalue weighted by Gasteiger charge is -2.17. The molecule has 1 rings (SSSR count). The Labute approximate surface area is 104 Å². The van der Waals surface area contributed by atoms with Crippen molar-refractivity contribution in [3.05, 3.63) is 35.9 Å². The van der Waals surface area contributed by atoms with Crippen molar-refractivity contribution < 1.29 is 0 Å². The molecule has 3 nitrogen and oxygen atoms in total. The number of nitrogens with one attached hydrogen (secondary N) is 1. The van der Waals surface area contributed by atoms with Gasteiger partial charge in [0, 0.05) is 6.54 Å². The molecule has 0 aliphatic carbocycles. The van der Waals surface area contributed by atoms with E-state index in [0.29, 0.717) is 0 Å². The van der Waals surface area contributed by atoms with Gasteiger partial charge >= 0.3 is 0 Å². The number of nitrogens with zero attached hydrogens (tertiary/aromatic N) is 2. The molecule has 0 heterocycles. The summed E-state index contributed by atoms with van der Waals surface area (Å²) < 4.78 is 0. The fourth-order valence-electron chi connectivity index (χ4n) is 1.69. The minimum atomic E-state index is -0.0468. The molecule has 0 fully saturated rings. The summed E-state index contributed by atoms with van der Waals surface area (Å²) in [5.74, 6) is 0. The van der Waals surface area contributed by atoms with Gasteiger partial charge in [-0.25, -0.2) is 0 Å². The lowest BCUT2D eigenvalue weighted by Crippen LogP contribution is -2.28. The second-order valence-electron chi connectivity index (χ2n) is 4.38. The molecule has 0 aliphatic rings. The number of hydrogen-bond donors (Lipinski definition) is 1. The van der Waals surface area contributed by atoms with Gasteiger partial charge < -0.3 is 10.2 Å². The molecule has 0 aliphatic heterocycles. The highest BCUT2D eigenvalue weighted by molar-refractivity contribution is 5.14. The monoisotopic (exact) mass is 231 g/mol. The Morgan fingerprint density at radius 3 is 2.71 bits per heavy atom. The molecule has 0 spiro atoms. The quantitative estimate of drug-likeness (QED) is 0.730. The molecule has 0 aromatic heterocycles. The van der Waals surface area contributed by atoms with Crippen molar-refractivity contribution in [2.45, 2.75) is 25.9 Å². The lowest BCUT2D eigenvalue weighted by molar-refractivity contribution is 0.319. The molecule has 0 saturated carbocycles. The summed E-state index contributed by atoms with van der Waals surface area (Å²) in [5.41, 5.74) is 1.34. The summed E-state index contributed by atoms with van der Waals surface area (Å²) in [6.07, 6.45) is 1.06. The zero-order valence-corrected chi connectivity index (χ0v) is 10.7. The van der Waals surface area contributed by atoms with Gasteiger partial charge in [-0.2, -0.15) is 5.26 Å². The van der Waals surface area contributed by atoms with Gasteiger partial charge in [0.05, 0.1) is 12.1 Å². The largest absolute Gasteiger partial charge is 0.302 e. The maximum atomic E-state index is 8.62. The molecular formula is C14H21N3. The smallest absolute Gasteiger partial charge is 0.0924 e. The summed E-state index contributed by atoms with van der Waals surface area (Å²) in [6.45, 7) is 4.80. The molecule has 0 bridgehead atoms. The van der Waals surface area contributed by atoms with Crippen molar-refractivity contribution in [3.8, 4) is 6.07 Å². The molecular weight excluding hydrogens is 210 g/mol. The van der Waals surface area contributed by atoms with E-state index in [9.17, 15) is 0 Å². The number of nitriles is 1. The van der Waals surface area contributed by atoms with Gasteiger partial charge in [0.15, 0.2) is 0 Å². The molecule has 1 N–H and O–H groups in total. The van der Waals surface area contributed by atoms with Crippen LogP contribution >= 0.6 is 0 Å². The van der Waals surface area contributed by atoms with Crippen LogP contribution in [0.2, 0.25) is 0 Å². The van der Waals surface area contributed by atoms with Gasteiger partial charge in [0.2, 0.25) is 0 Å². The van der Waals surface area contributed by atoms with E-state index in [-0.39, 0.29) is 6.04 Å². The fourth-order valence-corrected chi connectivity index (χ4v) is 1.69. The van der Waals surface area contributed by atoms with E-state index in [4.69, 9.17) is 5.26 Å². The second-order valence-corrected chi connectivity index (χ2v) is 4.38. The number of rotatable bonds is 7. The number of benzene rings is 1. The average Bonchev–Trinajstić information content (AvgIpc) is 2.35. The predicted molar refractivity (Wildman–Crippen MR) is 70.5 cm³/mol. The summed E-state index contributed by atoms with van der Waals surface area (Å²) in [7, 11) is 2.13. The molecule has 1 aromatic carbocycles. The lowest BCUT2D eigenvalue weighted by atomic mass is 10.2. The predicted octanol–water partition coefficient (Wildman–Crippen LogP) is 2.01. The summed E-state index contributed by atoms with van der Waals surface area (Å²) in [5, 5.41) is 11.8. The van der Waals surface area contributed by atoms with Crippen molar-refractivity contribution in [2.75, 3.05) is 20.1 Å². The van der Waals surface area contributed by atoms with E-state index >= 15 is 0 Å². The Morgan fingerprint density at radius 1 is 1.35 bits per heavy atom. The molecule has 1 aromatic rings. The Morgan fingerprint density at radius 2 is 2.06 bits per heavy atom. The SMILES string of the molecule is CC(C#N)NCCCN(C)Cc1ccccc1. The van der Waals surface area contributed by atoms with E-state index in [2.05, 4.69) is 47.6 Å². The maximum Gasteiger partial charge on any atom is 0.0924 e. The van der Waals surface area contributed by atoms with Crippen LogP contribution in [0.15, 0.2) is 30.3 Å². The first kappa shape index (κ1) is 13.7. The van der Waals surface area contributed by atoms with E-state index in [0.717, 1.165) is 26.1 Å². The van der Waals surface area contributed by atoms with Crippen LogP contribution < -0.4 is 5.32 Å². The minimum Gasteiger partial charge on any atom is -0.302 e. The molecule has 17 heavy (non-hydrogen) atoms. The van der Waals surface area contributed by atoms with Gasteiger partial charge in [-0.3, -0.25) is 0 Å². The van der Waals surface area contributed by atoms with Crippen LogP contribution in [0.5, 0.6) is 0 Å². The normalized spacial score (nSPS) is 12.4. The van der Waals surface area contributed by atoms with Gasteiger partial charge in [0.25, 0.3) is 0 Å². The highest BCUT2D eigenvalue weighted by atomic mass is 15.1. The van der Waals surface area contributed by atoms with Crippen LogP contribution in [0.3, 0.4) is 0 Å². The van der Waals surface area contributed by atoms with Gasteiger partial charge in [0.1, 0.15) is 0 Å². The Balaban J connectivity index is 2.14. The van der Waals surface area contributed by atoms with Crippen LogP contribution in [0, 0.1) is 11.3 Å². The Hall–Kier alpha value is -1.37. The Bertz CT molecular complexity index is 342. The summed E-state index contributed by atoms with van der Waals surface area (Å²) in [4.78, 5) is 2.30. The molecule has 0 saturated heterocycles. The van der Waals surface area contributed by atoms with Gasteiger partial charge in [-0.1, -0.05) is 30.3 Å². The minimum absolute atomic E-state index is 0.0468. The van der Waals surface area contributed by atoms with Crippen LogP contribution in [-0.4, -0.2) is 31.1 Å². The number of hydrogen-bond acceptors (Lipinski definition) is 3. The molecule has 92 valence electrons. The van der Waals surface area contributed by atoms with Crippen molar-refractivity contribution in [1.29, 1.82) is 5.26 Å². The van der Waals surface area contributed by atoms with Crippen molar-refractivity contribution in [2.24, 2.45) is 0 Å². The standard InChI is InChI=1S/C14H21N3/c1-13(11-15)16-9-6-10-17(2)12-14-7-4-3-5-8-14/h3-5,7-8,13,16H,6,9-10,12H2,1-2H3.